The molecule has 0 aliphatic carbocycles. The first-order valence-corrected chi connectivity index (χ1v) is 3.12. The lowest BCUT2D eigenvalue weighted by Crippen LogP contribution is -1.89. The maximum Gasteiger partial charge on any atom is 0.284 e. The van der Waals surface area contributed by atoms with Crippen LogP contribution >= 0.6 is 11.6 Å². The molecule has 1 heterocycles. The van der Waals surface area contributed by atoms with Gasteiger partial charge in [0.05, 0.1) is 5.02 Å². The van der Waals surface area contributed by atoms with E-state index in [-0.39, 0.29) is 5.02 Å². The summed E-state index contributed by atoms with van der Waals surface area (Å²) in [6.07, 6.45) is -1.68. The Morgan fingerprint density at radius 2 is 2.18 bits per heavy atom. The number of alkyl halides is 2. The molecule has 0 unspecified atom stereocenters. The van der Waals surface area contributed by atoms with Gasteiger partial charge in [-0.15, -0.1) is 0 Å². The summed E-state index contributed by atoms with van der Waals surface area (Å²) in [7, 11) is 0. The fourth-order valence-corrected chi connectivity index (χ4v) is 0.758. The van der Waals surface area contributed by atoms with Crippen LogP contribution in [0.2, 0.25) is 5.02 Å². The molecule has 0 aliphatic rings. The van der Waals surface area contributed by atoms with Crippen LogP contribution in [0, 0.1) is 0 Å². The van der Waals surface area contributed by atoms with Gasteiger partial charge in [-0.05, 0) is 6.07 Å². The molecule has 0 aromatic carbocycles. The van der Waals surface area contributed by atoms with Crippen molar-refractivity contribution in [1.29, 1.82) is 0 Å². The quantitative estimate of drug-likeness (QED) is 0.718. The molecule has 1 rings (SSSR count). The monoisotopic (exact) mass is 179 g/mol. The molecule has 0 aliphatic heterocycles. The second-order valence-electron chi connectivity index (χ2n) is 1.83. The van der Waals surface area contributed by atoms with Crippen LogP contribution in [-0.4, -0.2) is 10.1 Å². The van der Waals surface area contributed by atoms with E-state index in [0.29, 0.717) is 0 Å². The van der Waals surface area contributed by atoms with Gasteiger partial charge in [0.15, 0.2) is 5.75 Å². The Hall–Kier alpha value is -0.900. The third-order valence-corrected chi connectivity index (χ3v) is 1.42. The van der Waals surface area contributed by atoms with Crippen LogP contribution in [-0.2, 0) is 0 Å². The topological polar surface area (TPSA) is 33.1 Å². The minimum atomic E-state index is -2.80. The highest BCUT2D eigenvalue weighted by Gasteiger charge is 2.15. The Morgan fingerprint density at radius 3 is 2.64 bits per heavy atom. The van der Waals surface area contributed by atoms with E-state index in [4.69, 9.17) is 16.7 Å². The van der Waals surface area contributed by atoms with E-state index in [1.54, 1.807) is 0 Å². The van der Waals surface area contributed by atoms with Crippen LogP contribution in [0.3, 0.4) is 0 Å². The summed E-state index contributed by atoms with van der Waals surface area (Å²) in [5.41, 5.74) is -0.683. The molecule has 0 fully saturated rings. The minimum absolute atomic E-state index is 0.115. The fraction of sp³-hybridized carbons (Fsp3) is 0.167. The first kappa shape index (κ1) is 8.20. The van der Waals surface area contributed by atoms with E-state index in [1.807, 2.05) is 0 Å². The van der Waals surface area contributed by atoms with Gasteiger partial charge >= 0.3 is 0 Å². The predicted octanol–water partition coefficient (Wildman–Crippen LogP) is 2.38. The lowest BCUT2D eigenvalue weighted by Gasteiger charge is -2.01. The molecule has 0 saturated carbocycles. The number of hydrogen-bond acceptors (Lipinski definition) is 2. The van der Waals surface area contributed by atoms with Crippen molar-refractivity contribution in [3.8, 4) is 5.75 Å². The molecule has 2 nitrogen and oxygen atoms in total. The zero-order valence-electron chi connectivity index (χ0n) is 5.26. The van der Waals surface area contributed by atoms with E-state index < -0.39 is 17.9 Å². The molecule has 0 bridgehead atoms. The first-order chi connectivity index (χ1) is 5.13. The smallest absolute Gasteiger partial charge is 0.284 e. The van der Waals surface area contributed by atoms with Gasteiger partial charge in [0.1, 0.15) is 5.69 Å². The Morgan fingerprint density at radius 1 is 1.55 bits per heavy atom. The van der Waals surface area contributed by atoms with Gasteiger partial charge < -0.3 is 5.11 Å². The average molecular weight is 180 g/mol. The van der Waals surface area contributed by atoms with Gasteiger partial charge in [0, 0.05) is 6.20 Å². The number of pyridine rings is 1. The largest absolute Gasteiger partial charge is 0.504 e. The highest BCUT2D eigenvalue weighted by atomic mass is 35.5. The van der Waals surface area contributed by atoms with Crippen molar-refractivity contribution < 1.29 is 13.9 Å². The second-order valence-corrected chi connectivity index (χ2v) is 2.23. The number of halogens is 3. The molecule has 11 heavy (non-hydrogen) atoms. The summed E-state index contributed by atoms with van der Waals surface area (Å²) in [5, 5.41) is 8.78. The molecule has 0 radical (unpaired) electrons. The van der Waals surface area contributed by atoms with Gasteiger partial charge in [-0.3, -0.25) is 4.98 Å². The van der Waals surface area contributed by atoms with Crippen LogP contribution < -0.4 is 0 Å². The molecule has 1 aromatic rings. The third kappa shape index (κ3) is 1.57. The third-order valence-electron chi connectivity index (χ3n) is 1.11. The van der Waals surface area contributed by atoms with Crippen LogP contribution in [0.5, 0.6) is 5.75 Å². The number of aromatic hydroxyl groups is 1. The van der Waals surface area contributed by atoms with Crippen molar-refractivity contribution >= 4 is 11.6 Å². The molecular weight excluding hydrogens is 176 g/mol. The molecule has 0 spiro atoms. The normalized spacial score (nSPS) is 10.5. The Bertz CT molecular complexity index is 267. The first-order valence-electron chi connectivity index (χ1n) is 2.74. The van der Waals surface area contributed by atoms with Crippen LogP contribution in [0.25, 0.3) is 0 Å². The van der Waals surface area contributed by atoms with Gasteiger partial charge in [0.2, 0.25) is 0 Å². The SMILES string of the molecule is Oc1c(Cl)ccnc1C(F)F. The summed E-state index contributed by atoms with van der Waals surface area (Å²) in [4.78, 5) is 3.25. The van der Waals surface area contributed by atoms with Crippen molar-refractivity contribution in [2.75, 3.05) is 0 Å². The van der Waals surface area contributed by atoms with E-state index >= 15 is 0 Å². The average Bonchev–Trinajstić information content (AvgIpc) is 1.94. The molecule has 0 atom stereocenters. The lowest BCUT2D eigenvalue weighted by atomic mass is 10.3. The molecule has 1 N–H and O–H groups in total. The molecule has 60 valence electrons. The maximum absolute atomic E-state index is 11.9. The minimum Gasteiger partial charge on any atom is -0.504 e. The van der Waals surface area contributed by atoms with E-state index in [1.165, 1.54) is 6.07 Å². The summed E-state index contributed by atoms with van der Waals surface area (Å²) in [6, 6.07) is 1.24. The summed E-state index contributed by atoms with van der Waals surface area (Å²) >= 11 is 5.33. The molecule has 5 heteroatoms. The predicted molar refractivity (Wildman–Crippen MR) is 35.9 cm³/mol. The van der Waals surface area contributed by atoms with Crippen LogP contribution in [0.4, 0.5) is 8.78 Å². The van der Waals surface area contributed by atoms with Crippen LogP contribution in [0.15, 0.2) is 12.3 Å². The molecule has 0 saturated heterocycles. The van der Waals surface area contributed by atoms with Gasteiger partial charge in [0.25, 0.3) is 6.43 Å². The highest BCUT2D eigenvalue weighted by Crippen LogP contribution is 2.31. The van der Waals surface area contributed by atoms with Gasteiger partial charge in [-0.1, -0.05) is 11.6 Å². The van der Waals surface area contributed by atoms with Crippen molar-refractivity contribution in [3.63, 3.8) is 0 Å². The summed E-state index contributed by atoms with van der Waals surface area (Å²) < 4.78 is 23.9. The fourth-order valence-electron chi connectivity index (χ4n) is 0.605. The number of rotatable bonds is 1. The number of aromatic nitrogens is 1. The summed E-state index contributed by atoms with van der Waals surface area (Å²) in [5.74, 6) is -0.649. The van der Waals surface area contributed by atoms with Gasteiger partial charge in [-0.25, -0.2) is 8.78 Å². The van der Waals surface area contributed by atoms with E-state index in [2.05, 4.69) is 4.98 Å². The Kier molecular flexibility index (Phi) is 2.24. The Balaban J connectivity index is 3.17. The van der Waals surface area contributed by atoms with Gasteiger partial charge in [-0.2, -0.15) is 0 Å². The molecule has 0 amide bonds. The van der Waals surface area contributed by atoms with Crippen molar-refractivity contribution in [1.82, 2.24) is 4.98 Å². The second kappa shape index (κ2) is 3.00. The van der Waals surface area contributed by atoms with Crippen molar-refractivity contribution in [2.24, 2.45) is 0 Å². The van der Waals surface area contributed by atoms with Crippen LogP contribution in [0.1, 0.15) is 12.1 Å². The summed E-state index contributed by atoms with van der Waals surface area (Å²) in [6.45, 7) is 0. The number of hydrogen-bond donors (Lipinski definition) is 1. The molecule has 1 aromatic heterocycles. The van der Waals surface area contributed by atoms with E-state index in [9.17, 15) is 8.78 Å². The van der Waals surface area contributed by atoms with E-state index in [0.717, 1.165) is 6.20 Å². The Labute approximate surface area is 66.4 Å². The zero-order valence-corrected chi connectivity index (χ0v) is 6.02. The molecular formula is C6H4ClF2NO. The maximum atomic E-state index is 11.9. The van der Waals surface area contributed by atoms with Crippen molar-refractivity contribution in [2.45, 2.75) is 6.43 Å². The van der Waals surface area contributed by atoms with Crippen molar-refractivity contribution in [3.05, 3.63) is 23.0 Å². The zero-order chi connectivity index (χ0) is 8.43. The highest BCUT2D eigenvalue weighted by molar-refractivity contribution is 6.32. The standard InChI is InChI=1S/C6H4ClF2NO/c7-3-1-2-10-4(5(3)11)6(8)9/h1-2,6,11H. The number of nitrogens with zero attached hydrogens (tertiary/aromatic N) is 1. The lowest BCUT2D eigenvalue weighted by molar-refractivity contribution is 0.142.